The van der Waals surface area contributed by atoms with Crippen molar-refractivity contribution < 1.29 is 9.47 Å². The Morgan fingerprint density at radius 2 is 2.00 bits per heavy atom. The number of pyridine rings is 1. The minimum Gasteiger partial charge on any atom is -0.489 e. The summed E-state index contributed by atoms with van der Waals surface area (Å²) < 4.78 is 11.5. The van der Waals surface area contributed by atoms with Gasteiger partial charge in [-0.3, -0.25) is 4.98 Å². The number of hydrogen-bond acceptors (Lipinski definition) is 4. The summed E-state index contributed by atoms with van der Waals surface area (Å²) in [5, 5.41) is 0. The van der Waals surface area contributed by atoms with Gasteiger partial charge >= 0.3 is 0 Å². The van der Waals surface area contributed by atoms with Gasteiger partial charge < -0.3 is 15.2 Å². The largest absolute Gasteiger partial charge is 0.489 e. The fraction of sp³-hybridized carbons (Fsp3) is 0.267. The summed E-state index contributed by atoms with van der Waals surface area (Å²) in [5.41, 5.74) is 9.60. The molecule has 0 unspecified atom stereocenters. The van der Waals surface area contributed by atoms with Crippen LogP contribution < -0.4 is 15.2 Å². The molecule has 0 aliphatic carbocycles. The molecule has 19 heavy (non-hydrogen) atoms. The van der Waals surface area contributed by atoms with Gasteiger partial charge in [-0.05, 0) is 30.7 Å². The molecule has 1 aromatic heterocycles. The van der Waals surface area contributed by atoms with Crippen LogP contribution in [0.15, 0.2) is 30.5 Å². The van der Waals surface area contributed by atoms with Crippen LogP contribution in [0.1, 0.15) is 12.1 Å². The maximum atomic E-state index is 5.96. The van der Waals surface area contributed by atoms with Gasteiger partial charge in [0.15, 0.2) is 11.5 Å². The van der Waals surface area contributed by atoms with Crippen LogP contribution in [0.5, 0.6) is 11.5 Å². The third kappa shape index (κ3) is 2.34. The molecule has 1 aliphatic rings. The number of aromatic nitrogens is 1. The average Bonchev–Trinajstić information content (AvgIpc) is 2.63. The van der Waals surface area contributed by atoms with Gasteiger partial charge in [0.05, 0.1) is 13.2 Å². The zero-order chi connectivity index (χ0) is 13.2. The molecule has 2 heterocycles. The molecule has 98 valence electrons. The fourth-order valence-corrected chi connectivity index (χ4v) is 2.22. The molecule has 2 N–H and O–H groups in total. The number of nitrogens with two attached hydrogens (primary N) is 1. The van der Waals surface area contributed by atoms with Crippen molar-refractivity contribution in [3.8, 4) is 22.6 Å². The second-order valence-electron chi connectivity index (χ2n) is 4.63. The number of anilines is 1. The van der Waals surface area contributed by atoms with Gasteiger partial charge in [-0.1, -0.05) is 0 Å². The van der Waals surface area contributed by atoms with Crippen molar-refractivity contribution in [1.82, 2.24) is 4.98 Å². The summed E-state index contributed by atoms with van der Waals surface area (Å²) in [6.07, 6.45) is 2.67. The van der Waals surface area contributed by atoms with E-state index in [9.17, 15) is 0 Å². The molecular weight excluding hydrogens is 240 g/mol. The zero-order valence-corrected chi connectivity index (χ0v) is 10.8. The molecule has 4 nitrogen and oxygen atoms in total. The van der Waals surface area contributed by atoms with Crippen molar-refractivity contribution in [3.05, 3.63) is 36.2 Å². The van der Waals surface area contributed by atoms with Crippen LogP contribution in [-0.2, 0) is 0 Å². The first-order valence-electron chi connectivity index (χ1n) is 6.36. The zero-order valence-electron chi connectivity index (χ0n) is 10.8. The molecule has 0 saturated carbocycles. The van der Waals surface area contributed by atoms with E-state index in [0.29, 0.717) is 18.9 Å². The van der Waals surface area contributed by atoms with Gasteiger partial charge in [-0.15, -0.1) is 0 Å². The normalized spacial score (nSPS) is 13.9. The van der Waals surface area contributed by atoms with E-state index < -0.39 is 0 Å². The Hall–Kier alpha value is -2.23. The quantitative estimate of drug-likeness (QED) is 0.797. The molecule has 0 bridgehead atoms. The summed E-state index contributed by atoms with van der Waals surface area (Å²) in [6.45, 7) is 3.28. The SMILES string of the molecule is Cc1cc(-c2cc(N)cc3c2OCCCO3)ccn1. The van der Waals surface area contributed by atoms with E-state index in [2.05, 4.69) is 4.98 Å². The number of nitrogens with zero attached hydrogens (tertiary/aromatic N) is 1. The molecule has 2 aromatic rings. The van der Waals surface area contributed by atoms with Crippen molar-refractivity contribution in [2.75, 3.05) is 18.9 Å². The highest BCUT2D eigenvalue weighted by molar-refractivity contribution is 5.77. The number of fused-ring (bicyclic) bond motifs is 1. The lowest BCUT2D eigenvalue weighted by atomic mass is 10.0. The highest BCUT2D eigenvalue weighted by Gasteiger charge is 2.17. The molecule has 1 aliphatic heterocycles. The number of rotatable bonds is 1. The Morgan fingerprint density at radius 3 is 2.84 bits per heavy atom. The van der Waals surface area contributed by atoms with Crippen LogP contribution in [0.3, 0.4) is 0 Å². The predicted molar refractivity (Wildman–Crippen MR) is 74.4 cm³/mol. The molecule has 0 saturated heterocycles. The topological polar surface area (TPSA) is 57.4 Å². The van der Waals surface area contributed by atoms with E-state index in [-0.39, 0.29) is 0 Å². The highest BCUT2D eigenvalue weighted by Crippen LogP contribution is 2.41. The number of benzene rings is 1. The van der Waals surface area contributed by atoms with Crippen molar-refractivity contribution in [2.45, 2.75) is 13.3 Å². The number of hydrogen-bond donors (Lipinski definition) is 1. The maximum Gasteiger partial charge on any atom is 0.169 e. The standard InChI is InChI=1S/C15H16N2O2/c1-10-7-11(3-4-17-10)13-8-12(16)9-14-15(13)19-6-2-5-18-14/h3-4,7-9H,2,5-6,16H2,1H3. The van der Waals surface area contributed by atoms with Crippen molar-refractivity contribution >= 4 is 5.69 Å². The summed E-state index contributed by atoms with van der Waals surface area (Å²) in [7, 11) is 0. The van der Waals surface area contributed by atoms with E-state index in [1.807, 2.05) is 31.2 Å². The lowest BCUT2D eigenvalue weighted by Crippen LogP contribution is -1.98. The van der Waals surface area contributed by atoms with Crippen LogP contribution in [0.2, 0.25) is 0 Å². The Morgan fingerprint density at radius 1 is 1.16 bits per heavy atom. The Kier molecular flexibility index (Phi) is 2.99. The molecule has 0 amide bonds. The van der Waals surface area contributed by atoms with Crippen LogP contribution >= 0.6 is 0 Å². The minimum atomic E-state index is 0.658. The second-order valence-corrected chi connectivity index (χ2v) is 4.63. The van der Waals surface area contributed by atoms with Gasteiger partial charge in [-0.2, -0.15) is 0 Å². The third-order valence-corrected chi connectivity index (χ3v) is 3.08. The van der Waals surface area contributed by atoms with E-state index >= 15 is 0 Å². The molecule has 0 atom stereocenters. The predicted octanol–water partition coefficient (Wildman–Crippen LogP) is 2.80. The van der Waals surface area contributed by atoms with E-state index in [4.69, 9.17) is 15.2 Å². The lowest BCUT2D eigenvalue weighted by molar-refractivity contribution is 0.297. The second kappa shape index (κ2) is 4.80. The van der Waals surface area contributed by atoms with Crippen molar-refractivity contribution in [1.29, 1.82) is 0 Å². The Bertz CT molecular complexity index is 611. The maximum absolute atomic E-state index is 5.96. The van der Waals surface area contributed by atoms with Crippen LogP contribution in [0.25, 0.3) is 11.1 Å². The molecule has 4 heteroatoms. The molecule has 0 spiro atoms. The van der Waals surface area contributed by atoms with E-state index in [0.717, 1.165) is 34.7 Å². The van der Waals surface area contributed by atoms with Crippen molar-refractivity contribution in [2.24, 2.45) is 0 Å². The first-order valence-corrected chi connectivity index (χ1v) is 6.36. The van der Waals surface area contributed by atoms with Crippen molar-refractivity contribution in [3.63, 3.8) is 0 Å². The molecule has 3 rings (SSSR count). The fourth-order valence-electron chi connectivity index (χ4n) is 2.22. The van der Waals surface area contributed by atoms with Gasteiger partial charge in [0.25, 0.3) is 0 Å². The summed E-state index contributed by atoms with van der Waals surface area (Å²) >= 11 is 0. The monoisotopic (exact) mass is 256 g/mol. The van der Waals surface area contributed by atoms with Crippen LogP contribution in [-0.4, -0.2) is 18.2 Å². The molecule has 0 radical (unpaired) electrons. The van der Waals surface area contributed by atoms with Gasteiger partial charge in [0.1, 0.15) is 0 Å². The molecule has 0 fully saturated rings. The summed E-state index contributed by atoms with van der Waals surface area (Å²) in [6, 6.07) is 7.71. The summed E-state index contributed by atoms with van der Waals surface area (Å²) in [5.74, 6) is 1.50. The third-order valence-electron chi connectivity index (χ3n) is 3.08. The van der Waals surface area contributed by atoms with E-state index in [1.54, 1.807) is 6.20 Å². The van der Waals surface area contributed by atoms with Gasteiger partial charge in [-0.25, -0.2) is 0 Å². The van der Waals surface area contributed by atoms with Crippen LogP contribution in [0, 0.1) is 6.92 Å². The first-order chi connectivity index (χ1) is 9.24. The molecular formula is C15H16N2O2. The number of ether oxygens (including phenoxy) is 2. The number of nitrogen functional groups attached to an aromatic ring is 1. The minimum absolute atomic E-state index is 0.658. The lowest BCUT2D eigenvalue weighted by Gasteiger charge is -2.14. The Balaban J connectivity index is 2.17. The van der Waals surface area contributed by atoms with Crippen LogP contribution in [0.4, 0.5) is 5.69 Å². The summed E-state index contributed by atoms with van der Waals surface area (Å²) in [4.78, 5) is 4.22. The average molecular weight is 256 g/mol. The van der Waals surface area contributed by atoms with Gasteiger partial charge in [0, 0.05) is 35.6 Å². The molecule has 1 aromatic carbocycles. The first kappa shape index (κ1) is 11.8. The van der Waals surface area contributed by atoms with E-state index in [1.165, 1.54) is 0 Å². The van der Waals surface area contributed by atoms with Gasteiger partial charge in [0.2, 0.25) is 0 Å². The highest BCUT2D eigenvalue weighted by atomic mass is 16.5. The number of aryl methyl sites for hydroxylation is 1. The smallest absolute Gasteiger partial charge is 0.169 e. The Labute approximate surface area is 112 Å².